The molecule has 0 atom stereocenters. The second-order valence-corrected chi connectivity index (χ2v) is 6.01. The lowest BCUT2D eigenvalue weighted by Crippen LogP contribution is -2.38. The van der Waals surface area contributed by atoms with Crippen LogP contribution in [-0.4, -0.2) is 36.5 Å². The molecule has 0 saturated carbocycles. The maximum absolute atomic E-state index is 5.84. The van der Waals surface area contributed by atoms with E-state index in [4.69, 9.17) is 4.74 Å². The average Bonchev–Trinajstić information content (AvgIpc) is 2.68. The Morgan fingerprint density at radius 3 is 2.92 bits per heavy atom. The predicted molar refractivity (Wildman–Crippen MR) is 107 cm³/mol. The lowest BCUT2D eigenvalue weighted by Gasteiger charge is -2.22. The van der Waals surface area contributed by atoms with Crippen LogP contribution < -0.4 is 10.1 Å². The Bertz CT molecular complexity index is 700. The maximum Gasteiger partial charge on any atom is 0.193 e. The van der Waals surface area contributed by atoms with E-state index in [2.05, 4.69) is 32.8 Å². The van der Waals surface area contributed by atoms with Gasteiger partial charge in [0.15, 0.2) is 5.96 Å². The van der Waals surface area contributed by atoms with Crippen LogP contribution in [0.2, 0.25) is 0 Å². The first-order chi connectivity index (χ1) is 12.7. The number of nitrogens with zero attached hydrogens (tertiary/aromatic N) is 3. The Balaban J connectivity index is 1.86. The first-order valence-electron chi connectivity index (χ1n) is 8.87. The molecule has 0 spiro atoms. The van der Waals surface area contributed by atoms with Gasteiger partial charge in [0.2, 0.25) is 0 Å². The lowest BCUT2D eigenvalue weighted by molar-refractivity contribution is 0.301. The van der Waals surface area contributed by atoms with Gasteiger partial charge in [-0.05, 0) is 42.7 Å². The van der Waals surface area contributed by atoms with Crippen molar-refractivity contribution in [1.29, 1.82) is 0 Å². The number of hydrogen-bond acceptors (Lipinski definition) is 3. The van der Waals surface area contributed by atoms with Gasteiger partial charge < -0.3 is 15.0 Å². The minimum absolute atomic E-state index is 0.464. The molecule has 2 aromatic rings. The summed E-state index contributed by atoms with van der Waals surface area (Å²) >= 11 is 0. The molecule has 0 saturated heterocycles. The van der Waals surface area contributed by atoms with E-state index in [1.807, 2.05) is 49.5 Å². The fraction of sp³-hybridized carbons (Fsp3) is 0.333. The summed E-state index contributed by atoms with van der Waals surface area (Å²) in [6, 6.07) is 13.9. The van der Waals surface area contributed by atoms with Crippen LogP contribution >= 0.6 is 0 Å². The van der Waals surface area contributed by atoms with Gasteiger partial charge >= 0.3 is 0 Å². The molecule has 138 valence electrons. The second kappa shape index (κ2) is 10.9. The molecule has 0 aliphatic heterocycles. The molecule has 5 heteroatoms. The number of allylic oxidation sites excluding steroid dienone is 1. The van der Waals surface area contributed by atoms with Crippen molar-refractivity contribution in [2.24, 2.45) is 4.99 Å². The van der Waals surface area contributed by atoms with E-state index < -0.39 is 0 Å². The third-order valence-corrected chi connectivity index (χ3v) is 3.94. The quantitative estimate of drug-likeness (QED) is 0.324. The monoisotopic (exact) mass is 352 g/mol. The average molecular weight is 352 g/mol. The SMILES string of the molecule is C=CCCCN(C)C(=NC)NCc1cccc(OCc2ccccn2)c1. The highest BCUT2D eigenvalue weighted by Crippen LogP contribution is 2.14. The first-order valence-corrected chi connectivity index (χ1v) is 8.87. The standard InChI is InChI=1S/C21H28N4O/c1-4-5-8-14-25(3)21(22-2)24-16-18-10-9-12-20(15-18)26-17-19-11-6-7-13-23-19/h4,6-7,9-13,15H,1,5,8,14,16-17H2,2-3H3,(H,22,24). The van der Waals surface area contributed by atoms with E-state index in [1.165, 1.54) is 0 Å². The minimum atomic E-state index is 0.464. The molecule has 0 amide bonds. The summed E-state index contributed by atoms with van der Waals surface area (Å²) in [4.78, 5) is 10.7. The molecule has 1 aromatic heterocycles. The highest BCUT2D eigenvalue weighted by atomic mass is 16.5. The van der Waals surface area contributed by atoms with Crippen molar-refractivity contribution in [2.45, 2.75) is 26.0 Å². The summed E-state index contributed by atoms with van der Waals surface area (Å²) in [6.45, 7) is 5.86. The maximum atomic E-state index is 5.84. The molecule has 0 bridgehead atoms. The normalized spacial score (nSPS) is 11.1. The number of hydrogen-bond donors (Lipinski definition) is 1. The summed E-state index contributed by atoms with van der Waals surface area (Å²) < 4.78 is 5.84. The van der Waals surface area contributed by atoms with Gasteiger partial charge in [-0.2, -0.15) is 0 Å². The van der Waals surface area contributed by atoms with E-state index in [1.54, 1.807) is 13.2 Å². The van der Waals surface area contributed by atoms with Crippen molar-refractivity contribution in [1.82, 2.24) is 15.2 Å². The van der Waals surface area contributed by atoms with Crippen molar-refractivity contribution < 1.29 is 4.74 Å². The zero-order valence-electron chi connectivity index (χ0n) is 15.7. The predicted octanol–water partition coefficient (Wildman–Crippen LogP) is 3.63. The van der Waals surface area contributed by atoms with E-state index in [9.17, 15) is 0 Å². The number of rotatable bonds is 9. The summed E-state index contributed by atoms with van der Waals surface area (Å²) in [5.41, 5.74) is 2.06. The van der Waals surface area contributed by atoms with E-state index >= 15 is 0 Å². The molecule has 0 aliphatic rings. The fourth-order valence-electron chi connectivity index (χ4n) is 2.53. The van der Waals surface area contributed by atoms with Gasteiger partial charge in [0, 0.05) is 33.4 Å². The third kappa shape index (κ3) is 6.59. The number of unbranched alkanes of at least 4 members (excludes halogenated alkanes) is 1. The summed E-state index contributed by atoms with van der Waals surface area (Å²) in [5, 5.41) is 3.40. The van der Waals surface area contributed by atoms with E-state index in [-0.39, 0.29) is 0 Å². The molecular formula is C21H28N4O. The van der Waals surface area contributed by atoms with Gasteiger partial charge in [-0.3, -0.25) is 9.98 Å². The van der Waals surface area contributed by atoms with Crippen LogP contribution in [0.5, 0.6) is 5.75 Å². The molecule has 0 radical (unpaired) electrons. The number of ether oxygens (including phenoxy) is 1. The van der Waals surface area contributed by atoms with Crippen molar-refractivity contribution in [3.8, 4) is 5.75 Å². The zero-order chi connectivity index (χ0) is 18.6. The van der Waals surface area contributed by atoms with Crippen molar-refractivity contribution in [3.63, 3.8) is 0 Å². The number of aliphatic imine (C=N–C) groups is 1. The second-order valence-electron chi connectivity index (χ2n) is 6.01. The Kier molecular flexibility index (Phi) is 8.19. The van der Waals surface area contributed by atoms with Gasteiger partial charge in [0.25, 0.3) is 0 Å². The minimum Gasteiger partial charge on any atom is -0.487 e. The zero-order valence-corrected chi connectivity index (χ0v) is 15.7. The molecule has 26 heavy (non-hydrogen) atoms. The topological polar surface area (TPSA) is 49.8 Å². The van der Waals surface area contributed by atoms with Crippen LogP contribution in [0.15, 0.2) is 66.3 Å². The summed E-state index contributed by atoms with van der Waals surface area (Å²) in [5.74, 6) is 1.72. The van der Waals surface area contributed by atoms with Crippen LogP contribution in [0.4, 0.5) is 0 Å². The Labute approximate surface area is 156 Å². The lowest BCUT2D eigenvalue weighted by atomic mass is 10.2. The van der Waals surface area contributed by atoms with Crippen LogP contribution in [0.1, 0.15) is 24.1 Å². The Morgan fingerprint density at radius 2 is 2.19 bits per heavy atom. The molecule has 0 fully saturated rings. The van der Waals surface area contributed by atoms with Crippen LogP contribution in [0.25, 0.3) is 0 Å². The largest absolute Gasteiger partial charge is 0.487 e. The van der Waals surface area contributed by atoms with E-state index in [0.29, 0.717) is 13.2 Å². The van der Waals surface area contributed by atoms with Crippen molar-refractivity contribution in [2.75, 3.05) is 20.6 Å². The first kappa shape index (κ1) is 19.5. The van der Waals surface area contributed by atoms with Gasteiger partial charge in [-0.25, -0.2) is 0 Å². The number of nitrogens with one attached hydrogen (secondary N) is 1. The van der Waals surface area contributed by atoms with Crippen LogP contribution in [0, 0.1) is 0 Å². The molecule has 0 unspecified atom stereocenters. The summed E-state index contributed by atoms with van der Waals surface area (Å²) in [7, 11) is 3.85. The number of guanidine groups is 1. The molecule has 1 N–H and O–H groups in total. The van der Waals surface area contributed by atoms with Gasteiger partial charge in [-0.15, -0.1) is 6.58 Å². The molecular weight excluding hydrogens is 324 g/mol. The van der Waals surface area contributed by atoms with Crippen LogP contribution in [-0.2, 0) is 13.2 Å². The van der Waals surface area contributed by atoms with Gasteiger partial charge in [-0.1, -0.05) is 24.3 Å². The molecule has 2 rings (SSSR count). The highest BCUT2D eigenvalue weighted by molar-refractivity contribution is 5.79. The molecule has 1 heterocycles. The van der Waals surface area contributed by atoms with Crippen molar-refractivity contribution in [3.05, 3.63) is 72.6 Å². The van der Waals surface area contributed by atoms with Gasteiger partial charge in [0.05, 0.1) is 5.69 Å². The highest BCUT2D eigenvalue weighted by Gasteiger charge is 2.05. The van der Waals surface area contributed by atoms with E-state index in [0.717, 1.165) is 42.4 Å². The molecule has 1 aromatic carbocycles. The molecule has 5 nitrogen and oxygen atoms in total. The number of pyridine rings is 1. The fourth-order valence-corrected chi connectivity index (χ4v) is 2.53. The Hall–Kier alpha value is -2.82. The van der Waals surface area contributed by atoms with Crippen molar-refractivity contribution >= 4 is 5.96 Å². The molecule has 0 aliphatic carbocycles. The number of benzene rings is 1. The number of aromatic nitrogens is 1. The smallest absolute Gasteiger partial charge is 0.193 e. The Morgan fingerprint density at radius 1 is 1.31 bits per heavy atom. The summed E-state index contributed by atoms with van der Waals surface area (Å²) in [6.07, 6.45) is 5.80. The van der Waals surface area contributed by atoms with Crippen LogP contribution in [0.3, 0.4) is 0 Å². The third-order valence-electron chi connectivity index (χ3n) is 3.94. The van der Waals surface area contributed by atoms with Gasteiger partial charge in [0.1, 0.15) is 12.4 Å².